The van der Waals surface area contributed by atoms with Crippen molar-refractivity contribution in [3.8, 4) is 5.75 Å². The van der Waals surface area contributed by atoms with Crippen molar-refractivity contribution in [3.63, 3.8) is 0 Å². The summed E-state index contributed by atoms with van der Waals surface area (Å²) in [5.41, 5.74) is 1.47. The standard InChI is InChI=1S/C16H18N2O4S/c1-22-15-5-3-2-4-14(15)18-16(19)11-8-12-6-9-13(10-7-12)23(17,20)21/h2-7,9-10H,8,11H2,1H3,(H,18,19)(H2,17,20,21). The highest BCUT2D eigenvalue weighted by Gasteiger charge is 2.09. The number of hydrogen-bond acceptors (Lipinski definition) is 4. The van der Waals surface area contributed by atoms with Gasteiger partial charge in [0.25, 0.3) is 0 Å². The zero-order chi connectivity index (χ0) is 16.9. The molecule has 0 aliphatic rings. The van der Waals surface area contributed by atoms with Crippen LogP contribution in [0.1, 0.15) is 12.0 Å². The Morgan fingerprint density at radius 2 is 1.78 bits per heavy atom. The van der Waals surface area contributed by atoms with Gasteiger partial charge in [0.2, 0.25) is 15.9 Å². The Balaban J connectivity index is 1.94. The zero-order valence-corrected chi connectivity index (χ0v) is 13.5. The predicted octanol–water partition coefficient (Wildman–Crippen LogP) is 1.91. The van der Waals surface area contributed by atoms with E-state index in [9.17, 15) is 13.2 Å². The van der Waals surface area contributed by atoms with E-state index in [2.05, 4.69) is 5.32 Å². The third-order valence-electron chi connectivity index (χ3n) is 3.27. The number of ether oxygens (including phenoxy) is 1. The molecule has 0 saturated heterocycles. The highest BCUT2D eigenvalue weighted by molar-refractivity contribution is 7.89. The number of nitrogens with two attached hydrogens (primary N) is 1. The van der Waals surface area contributed by atoms with E-state index in [1.165, 1.54) is 19.2 Å². The van der Waals surface area contributed by atoms with Crippen LogP contribution in [0.15, 0.2) is 53.4 Å². The van der Waals surface area contributed by atoms with E-state index >= 15 is 0 Å². The quantitative estimate of drug-likeness (QED) is 0.843. The number of benzene rings is 2. The van der Waals surface area contributed by atoms with Crippen LogP contribution in [0.4, 0.5) is 5.69 Å². The first-order valence-electron chi connectivity index (χ1n) is 6.95. The molecule has 122 valence electrons. The van der Waals surface area contributed by atoms with Gasteiger partial charge in [-0.25, -0.2) is 13.6 Å². The number of carbonyl (C=O) groups is 1. The number of sulfonamides is 1. The maximum Gasteiger partial charge on any atom is 0.238 e. The molecule has 23 heavy (non-hydrogen) atoms. The van der Waals surface area contributed by atoms with E-state index < -0.39 is 10.0 Å². The highest BCUT2D eigenvalue weighted by Crippen LogP contribution is 2.23. The zero-order valence-electron chi connectivity index (χ0n) is 12.7. The third kappa shape index (κ3) is 4.80. The van der Waals surface area contributed by atoms with Crippen molar-refractivity contribution in [1.82, 2.24) is 0 Å². The van der Waals surface area contributed by atoms with E-state index in [4.69, 9.17) is 9.88 Å². The number of methoxy groups -OCH3 is 1. The van der Waals surface area contributed by atoms with Gasteiger partial charge in [0.05, 0.1) is 17.7 Å². The van der Waals surface area contributed by atoms with Gasteiger partial charge < -0.3 is 10.1 Å². The van der Waals surface area contributed by atoms with E-state index in [1.807, 2.05) is 12.1 Å². The number of nitrogens with one attached hydrogen (secondary N) is 1. The average Bonchev–Trinajstić information content (AvgIpc) is 2.53. The predicted molar refractivity (Wildman–Crippen MR) is 87.8 cm³/mol. The molecule has 0 spiro atoms. The molecule has 3 N–H and O–H groups in total. The maximum absolute atomic E-state index is 12.0. The van der Waals surface area contributed by atoms with Crippen LogP contribution in [-0.4, -0.2) is 21.4 Å². The van der Waals surface area contributed by atoms with Crippen LogP contribution in [0.2, 0.25) is 0 Å². The van der Waals surface area contributed by atoms with Gasteiger partial charge in [0, 0.05) is 6.42 Å². The minimum atomic E-state index is -3.69. The van der Waals surface area contributed by atoms with Crippen LogP contribution in [0, 0.1) is 0 Å². The Morgan fingerprint density at radius 1 is 1.13 bits per heavy atom. The topological polar surface area (TPSA) is 98.5 Å². The molecule has 0 unspecified atom stereocenters. The lowest BCUT2D eigenvalue weighted by molar-refractivity contribution is -0.116. The van der Waals surface area contributed by atoms with Crippen molar-refractivity contribution in [1.29, 1.82) is 0 Å². The van der Waals surface area contributed by atoms with E-state index in [0.29, 0.717) is 17.9 Å². The van der Waals surface area contributed by atoms with Gasteiger partial charge in [-0.1, -0.05) is 24.3 Å². The fourth-order valence-electron chi connectivity index (χ4n) is 2.06. The Morgan fingerprint density at radius 3 is 2.39 bits per heavy atom. The molecule has 7 heteroatoms. The largest absolute Gasteiger partial charge is 0.495 e. The fourth-order valence-corrected chi connectivity index (χ4v) is 2.58. The number of primary sulfonamides is 1. The van der Waals surface area contributed by atoms with Gasteiger partial charge in [-0.3, -0.25) is 4.79 Å². The molecule has 0 radical (unpaired) electrons. The first kappa shape index (κ1) is 17.0. The number of aryl methyl sites for hydroxylation is 1. The van der Waals surface area contributed by atoms with Crippen molar-refractivity contribution >= 4 is 21.6 Å². The molecule has 0 atom stereocenters. The number of amides is 1. The number of carbonyl (C=O) groups excluding carboxylic acids is 1. The molecule has 0 aromatic heterocycles. The van der Waals surface area contributed by atoms with Gasteiger partial charge in [0.15, 0.2) is 0 Å². The van der Waals surface area contributed by atoms with E-state index in [-0.39, 0.29) is 17.2 Å². The monoisotopic (exact) mass is 334 g/mol. The molecule has 0 heterocycles. The van der Waals surface area contributed by atoms with Crippen molar-refractivity contribution in [3.05, 3.63) is 54.1 Å². The van der Waals surface area contributed by atoms with Gasteiger partial charge in [-0.15, -0.1) is 0 Å². The molecule has 0 aliphatic carbocycles. The lowest BCUT2D eigenvalue weighted by Gasteiger charge is -2.09. The summed E-state index contributed by atoms with van der Waals surface area (Å²) >= 11 is 0. The van der Waals surface area contributed by atoms with Crippen LogP contribution in [0.5, 0.6) is 5.75 Å². The number of anilines is 1. The van der Waals surface area contributed by atoms with Crippen LogP contribution in [-0.2, 0) is 21.2 Å². The van der Waals surface area contributed by atoms with Crippen LogP contribution in [0.25, 0.3) is 0 Å². The van der Waals surface area contributed by atoms with Gasteiger partial charge >= 0.3 is 0 Å². The van der Waals surface area contributed by atoms with Crippen molar-refractivity contribution < 1.29 is 17.9 Å². The normalized spacial score (nSPS) is 11.0. The molecule has 1 amide bonds. The third-order valence-corrected chi connectivity index (χ3v) is 4.20. The lowest BCUT2D eigenvalue weighted by Crippen LogP contribution is -2.13. The molecule has 2 aromatic carbocycles. The summed E-state index contributed by atoms with van der Waals surface area (Å²) in [6, 6.07) is 13.3. The summed E-state index contributed by atoms with van der Waals surface area (Å²) in [4.78, 5) is 12.1. The average molecular weight is 334 g/mol. The van der Waals surface area contributed by atoms with Gasteiger partial charge in [0.1, 0.15) is 5.75 Å². The lowest BCUT2D eigenvalue weighted by atomic mass is 10.1. The molecular weight excluding hydrogens is 316 g/mol. The molecular formula is C16H18N2O4S. The highest BCUT2D eigenvalue weighted by atomic mass is 32.2. The molecule has 2 aromatic rings. The van der Waals surface area contributed by atoms with Crippen LogP contribution < -0.4 is 15.2 Å². The van der Waals surface area contributed by atoms with Crippen LogP contribution in [0.3, 0.4) is 0 Å². The SMILES string of the molecule is COc1ccccc1NC(=O)CCc1ccc(S(N)(=O)=O)cc1. The summed E-state index contributed by atoms with van der Waals surface area (Å²) in [7, 11) is -2.15. The number of hydrogen-bond donors (Lipinski definition) is 2. The smallest absolute Gasteiger partial charge is 0.238 e. The fraction of sp³-hybridized carbons (Fsp3) is 0.188. The van der Waals surface area contributed by atoms with Gasteiger partial charge in [-0.05, 0) is 36.2 Å². The molecule has 0 aliphatic heterocycles. The second-order valence-electron chi connectivity index (χ2n) is 4.94. The van der Waals surface area contributed by atoms with Crippen molar-refractivity contribution in [2.75, 3.05) is 12.4 Å². The molecule has 0 bridgehead atoms. The Hall–Kier alpha value is -2.38. The Labute approximate surface area is 135 Å². The first-order chi connectivity index (χ1) is 10.9. The summed E-state index contributed by atoms with van der Waals surface area (Å²) in [6.07, 6.45) is 0.763. The molecule has 0 fully saturated rings. The number of rotatable bonds is 6. The van der Waals surface area contributed by atoms with Gasteiger partial charge in [-0.2, -0.15) is 0 Å². The number of para-hydroxylation sites is 2. The van der Waals surface area contributed by atoms with Crippen molar-refractivity contribution in [2.45, 2.75) is 17.7 Å². The minimum absolute atomic E-state index is 0.0553. The second kappa shape index (κ2) is 7.26. The first-order valence-corrected chi connectivity index (χ1v) is 8.49. The van der Waals surface area contributed by atoms with Crippen molar-refractivity contribution in [2.24, 2.45) is 5.14 Å². The second-order valence-corrected chi connectivity index (χ2v) is 6.50. The Kier molecular flexibility index (Phi) is 5.36. The maximum atomic E-state index is 12.0. The van der Waals surface area contributed by atoms with E-state index in [0.717, 1.165) is 5.56 Å². The summed E-state index contributed by atoms with van der Waals surface area (Å²) in [5, 5.41) is 7.83. The van der Waals surface area contributed by atoms with E-state index in [1.54, 1.807) is 24.3 Å². The minimum Gasteiger partial charge on any atom is -0.495 e. The van der Waals surface area contributed by atoms with Crippen LogP contribution >= 0.6 is 0 Å². The summed E-state index contributed by atoms with van der Waals surface area (Å²) < 4.78 is 27.5. The molecule has 0 saturated carbocycles. The summed E-state index contributed by atoms with van der Waals surface area (Å²) in [5.74, 6) is 0.448. The summed E-state index contributed by atoms with van der Waals surface area (Å²) in [6.45, 7) is 0. The molecule has 6 nitrogen and oxygen atoms in total. The Bertz CT molecular complexity index is 786. The molecule has 2 rings (SSSR count).